The second kappa shape index (κ2) is 10.9. The maximum absolute atomic E-state index is 6.50. The van der Waals surface area contributed by atoms with E-state index in [1.54, 1.807) is 13.2 Å². The summed E-state index contributed by atoms with van der Waals surface area (Å²) in [5, 5.41) is 13.9. The molecule has 2 aromatic rings. The molecular weight excluding hydrogens is 416 g/mol. The molecule has 2 heterocycles. The zero-order valence-electron chi connectivity index (χ0n) is 20.0. The van der Waals surface area contributed by atoms with Crippen molar-refractivity contribution in [2.75, 3.05) is 18.9 Å². The second-order valence-electron chi connectivity index (χ2n) is 9.32. The third kappa shape index (κ3) is 5.96. The van der Waals surface area contributed by atoms with Gasteiger partial charge in [0.1, 0.15) is 5.75 Å². The number of nitrogens with one attached hydrogen (secondary N) is 1. The highest BCUT2D eigenvalue weighted by Crippen LogP contribution is 2.28. The Morgan fingerprint density at radius 3 is 2.48 bits per heavy atom. The van der Waals surface area contributed by atoms with Crippen molar-refractivity contribution in [3.05, 3.63) is 35.4 Å². The van der Waals surface area contributed by atoms with Gasteiger partial charge in [0.05, 0.1) is 47.7 Å². The van der Waals surface area contributed by atoms with Crippen molar-refractivity contribution in [1.29, 1.82) is 0 Å². The van der Waals surface area contributed by atoms with Crippen molar-refractivity contribution in [3.8, 4) is 5.75 Å². The number of hydrazine groups is 1. The molecule has 4 rings (SSSR count). The quantitative estimate of drug-likeness (QED) is 0.407. The summed E-state index contributed by atoms with van der Waals surface area (Å²) < 4.78 is 6.20. The van der Waals surface area contributed by atoms with Crippen molar-refractivity contribution in [2.24, 2.45) is 11.6 Å². The van der Waals surface area contributed by atoms with Gasteiger partial charge in [-0.1, -0.05) is 25.7 Å². The minimum atomic E-state index is 0.287. The Balaban J connectivity index is 1.43. The summed E-state index contributed by atoms with van der Waals surface area (Å²) in [5.41, 5.74) is 9.28. The van der Waals surface area contributed by atoms with Crippen LogP contribution in [0.2, 0.25) is 0 Å². The van der Waals surface area contributed by atoms with Crippen LogP contribution in [-0.2, 0) is 0 Å². The molecule has 0 atom stereocenters. The molecule has 0 amide bonds. The van der Waals surface area contributed by atoms with E-state index in [0.29, 0.717) is 29.8 Å². The lowest BCUT2D eigenvalue weighted by Gasteiger charge is -2.24. The van der Waals surface area contributed by atoms with Gasteiger partial charge in [-0.3, -0.25) is 0 Å². The summed E-state index contributed by atoms with van der Waals surface area (Å²) in [6, 6.07) is 4.27. The number of aromatic nitrogens is 4. The molecule has 2 aromatic heterocycles. The molecule has 2 aliphatic rings. The molecule has 9 nitrogen and oxygen atoms in total. The number of nitrogens with zero attached hydrogens (tertiary/aromatic N) is 5. The molecule has 33 heavy (non-hydrogen) atoms. The smallest absolute Gasteiger partial charge is 0.168 e. The third-order valence-corrected chi connectivity index (χ3v) is 6.74. The predicted molar refractivity (Wildman–Crippen MR) is 130 cm³/mol. The van der Waals surface area contributed by atoms with E-state index in [-0.39, 0.29) is 6.10 Å². The maximum Gasteiger partial charge on any atom is 0.168 e. The zero-order valence-corrected chi connectivity index (χ0v) is 20.0. The number of anilines is 1. The van der Waals surface area contributed by atoms with Gasteiger partial charge in [0.2, 0.25) is 0 Å². The van der Waals surface area contributed by atoms with Gasteiger partial charge in [-0.25, -0.2) is 10.8 Å². The Hall–Kier alpha value is -2.81. The average Bonchev–Trinajstić information content (AvgIpc) is 3.30. The molecule has 9 heteroatoms. The Morgan fingerprint density at radius 1 is 1.12 bits per heavy atom. The van der Waals surface area contributed by atoms with Gasteiger partial charge in [-0.15, -0.1) is 5.10 Å². The summed E-state index contributed by atoms with van der Waals surface area (Å²) >= 11 is 0. The predicted octanol–water partition coefficient (Wildman–Crippen LogP) is 3.74. The van der Waals surface area contributed by atoms with Crippen LogP contribution in [0.4, 0.5) is 5.82 Å². The molecule has 0 spiro atoms. The Kier molecular flexibility index (Phi) is 7.69. The van der Waals surface area contributed by atoms with E-state index in [0.717, 1.165) is 42.8 Å². The van der Waals surface area contributed by atoms with Crippen LogP contribution in [0.25, 0.3) is 5.70 Å². The first-order chi connectivity index (χ1) is 16.0. The van der Waals surface area contributed by atoms with Crippen molar-refractivity contribution in [1.82, 2.24) is 25.0 Å². The third-order valence-electron chi connectivity index (χ3n) is 6.74. The van der Waals surface area contributed by atoms with E-state index in [4.69, 9.17) is 21.3 Å². The monoisotopic (exact) mass is 454 g/mol. The molecule has 2 aliphatic carbocycles. The van der Waals surface area contributed by atoms with Crippen LogP contribution < -0.4 is 21.6 Å². The molecule has 0 bridgehead atoms. The minimum Gasteiger partial charge on any atom is -0.489 e. The number of nitrogens with two attached hydrogens (primary N) is 2. The van der Waals surface area contributed by atoms with E-state index in [1.807, 2.05) is 23.9 Å². The lowest BCUT2D eigenvalue weighted by Crippen LogP contribution is -2.32. The topological polar surface area (TPSA) is 120 Å². The zero-order chi connectivity index (χ0) is 23.2. The van der Waals surface area contributed by atoms with E-state index in [2.05, 4.69) is 15.5 Å². The number of hydrogen-bond acceptors (Lipinski definition) is 8. The molecule has 0 unspecified atom stereocenters. The number of aryl methyl sites for hydroxylation is 1. The lowest BCUT2D eigenvalue weighted by molar-refractivity contribution is 0.153. The first-order valence-corrected chi connectivity index (χ1v) is 12.3. The highest BCUT2D eigenvalue weighted by Gasteiger charge is 2.19. The second-order valence-corrected chi connectivity index (χ2v) is 9.32. The van der Waals surface area contributed by atoms with Gasteiger partial charge in [-0.05, 0) is 57.6 Å². The number of ether oxygens (including phenoxy) is 1. The molecule has 180 valence electrons. The van der Waals surface area contributed by atoms with Crippen LogP contribution in [-0.4, -0.2) is 44.7 Å². The van der Waals surface area contributed by atoms with E-state index in [9.17, 15) is 0 Å². The molecule has 0 aliphatic heterocycles. The normalized spacial score (nSPS) is 18.6. The van der Waals surface area contributed by atoms with Gasteiger partial charge in [0.15, 0.2) is 5.82 Å². The van der Waals surface area contributed by atoms with E-state index in [1.165, 1.54) is 43.5 Å². The standard InChI is InChI=1S/C24H38N8O/c1-17-22(33-19-11-7-4-8-12-19)14-13-20(29-17)24(25)21(31(2)26)15-27-23-16-28-32(30-23)18-9-5-3-6-10-18/h13-14,16,18-19H,3-12,15,25-26H2,1-2H3,(H,27,30)/b24-21-. The molecule has 5 N–H and O–H groups in total. The van der Waals surface area contributed by atoms with Crippen LogP contribution >= 0.6 is 0 Å². The first kappa shape index (κ1) is 23.4. The van der Waals surface area contributed by atoms with Gasteiger partial charge >= 0.3 is 0 Å². The average molecular weight is 455 g/mol. The summed E-state index contributed by atoms with van der Waals surface area (Å²) in [5.74, 6) is 7.66. The number of rotatable bonds is 8. The SMILES string of the molecule is Cc1nc(/C(N)=C(\CNc2cnn(C3CCCCC3)n2)N(C)N)ccc1OC1CCCCC1. The number of hydrogen-bond donors (Lipinski definition) is 3. The highest BCUT2D eigenvalue weighted by molar-refractivity contribution is 5.64. The van der Waals surface area contributed by atoms with E-state index < -0.39 is 0 Å². The molecule has 0 aromatic carbocycles. The van der Waals surface area contributed by atoms with E-state index >= 15 is 0 Å². The van der Waals surface area contributed by atoms with Gasteiger partial charge in [-0.2, -0.15) is 9.90 Å². The van der Waals surface area contributed by atoms with Crippen molar-refractivity contribution in [3.63, 3.8) is 0 Å². The van der Waals surface area contributed by atoms with Crippen LogP contribution in [0.3, 0.4) is 0 Å². The largest absolute Gasteiger partial charge is 0.489 e. The van der Waals surface area contributed by atoms with Crippen molar-refractivity contribution in [2.45, 2.75) is 83.3 Å². The van der Waals surface area contributed by atoms with Crippen molar-refractivity contribution < 1.29 is 4.74 Å². The molecule has 0 saturated heterocycles. The first-order valence-electron chi connectivity index (χ1n) is 12.3. The van der Waals surface area contributed by atoms with Crippen LogP contribution in [0.15, 0.2) is 24.0 Å². The van der Waals surface area contributed by atoms with Gasteiger partial charge < -0.3 is 20.8 Å². The summed E-state index contributed by atoms with van der Waals surface area (Å²) in [6.45, 7) is 2.38. The fourth-order valence-corrected chi connectivity index (χ4v) is 4.76. The molecule has 2 saturated carbocycles. The van der Waals surface area contributed by atoms with Crippen LogP contribution in [0, 0.1) is 6.92 Å². The van der Waals surface area contributed by atoms with Crippen LogP contribution in [0.5, 0.6) is 5.75 Å². The maximum atomic E-state index is 6.50. The summed E-state index contributed by atoms with van der Waals surface area (Å²) in [4.78, 5) is 6.56. The van der Waals surface area contributed by atoms with Gasteiger partial charge in [0, 0.05) is 7.05 Å². The van der Waals surface area contributed by atoms with Crippen molar-refractivity contribution >= 4 is 11.5 Å². The lowest BCUT2D eigenvalue weighted by atomic mass is 9.96. The highest BCUT2D eigenvalue weighted by atomic mass is 16.5. The molecular formula is C24H38N8O. The van der Waals surface area contributed by atoms with Gasteiger partial charge in [0.25, 0.3) is 0 Å². The minimum absolute atomic E-state index is 0.287. The molecule has 2 fully saturated rings. The van der Waals surface area contributed by atoms with Crippen LogP contribution in [0.1, 0.15) is 81.6 Å². The Bertz CT molecular complexity index is 942. The fourth-order valence-electron chi connectivity index (χ4n) is 4.76. The molecule has 0 radical (unpaired) electrons. The summed E-state index contributed by atoms with van der Waals surface area (Å²) in [6.07, 6.45) is 14.1. The Morgan fingerprint density at radius 2 is 1.82 bits per heavy atom. The summed E-state index contributed by atoms with van der Waals surface area (Å²) in [7, 11) is 1.77. The number of likely N-dealkylation sites (N-methyl/N-ethyl adjacent to an activating group) is 1. The fraction of sp³-hybridized carbons (Fsp3) is 0.625. The Labute approximate surface area is 196 Å². The number of pyridine rings is 1.